The van der Waals surface area contributed by atoms with Gasteiger partial charge in [-0.1, -0.05) is 36.5 Å². The van der Waals surface area contributed by atoms with Crippen LogP contribution in [0.2, 0.25) is 0 Å². The number of fused-ring (bicyclic) bond motifs is 2. The molecule has 6 heteroatoms. The minimum absolute atomic E-state index is 0. The van der Waals surface area contributed by atoms with Gasteiger partial charge in [-0.05, 0) is 101 Å². The highest BCUT2D eigenvalue weighted by molar-refractivity contribution is 15.0. The van der Waals surface area contributed by atoms with Crippen LogP contribution >= 0.6 is 61.2 Å². The molecular weight excluding hydrogens is 765 g/mol. The molecule has 0 aromatic rings. The molecule has 7 rings (SSSR count). The van der Waals surface area contributed by atoms with Crippen molar-refractivity contribution in [2.75, 3.05) is 0 Å². The van der Waals surface area contributed by atoms with Crippen LogP contribution in [0, 0.1) is 23.7 Å². The van der Waals surface area contributed by atoms with Crippen LogP contribution in [0.25, 0.3) is 0 Å². The number of hydrogen-bond donors (Lipinski definition) is 0. The van der Waals surface area contributed by atoms with Crippen LogP contribution in [0.4, 0.5) is 0 Å². The maximum absolute atomic E-state index is 6.02. The Hall–Kier alpha value is 1.29. The molecule has 0 aromatic carbocycles. The van der Waals surface area contributed by atoms with Crippen molar-refractivity contribution in [1.29, 1.82) is 0 Å². The van der Waals surface area contributed by atoms with Gasteiger partial charge in [0.1, 0.15) is 0 Å². The summed E-state index contributed by atoms with van der Waals surface area (Å²) in [5.41, 5.74) is 0. The van der Waals surface area contributed by atoms with E-state index in [0.717, 1.165) is 23.7 Å². The summed E-state index contributed by atoms with van der Waals surface area (Å²) >= 11 is 4.24. The van der Waals surface area contributed by atoms with E-state index in [1.165, 1.54) is 77.0 Å². The molecule has 3 nitrogen and oxygen atoms in total. The molecule has 0 N–H and O–H groups in total. The Kier molecular flexibility index (Phi) is 11.6. The fraction of sp³-hybridized carbons (Fsp3) is 0.786. The quantitative estimate of drug-likeness (QED) is 0.163. The average molecular weight is 806 g/mol. The van der Waals surface area contributed by atoms with E-state index in [1.807, 2.05) is 0 Å². The fourth-order valence-electron chi connectivity index (χ4n) is 6.66. The molecule has 0 aromatic heterocycles. The molecule has 3 saturated heterocycles. The molecule has 3 heterocycles. The largest absolute Gasteiger partial charge is 0.370 e. The summed E-state index contributed by atoms with van der Waals surface area (Å²) < 4.78 is 17.2. The van der Waals surface area contributed by atoms with E-state index in [1.54, 1.807) is 0 Å². The average Bonchev–Trinajstić information content (AvgIpc) is 3.77. The molecule has 2 saturated carbocycles. The molecule has 0 amide bonds. The number of halogens is 3. The van der Waals surface area contributed by atoms with Gasteiger partial charge in [-0.3, -0.25) is 0 Å². The van der Waals surface area contributed by atoms with Gasteiger partial charge in [0.2, 0.25) is 0 Å². The van der Waals surface area contributed by atoms with Crippen LogP contribution in [0.3, 0.4) is 0 Å². The molecule has 192 valence electrons. The number of ether oxygens (including phenoxy) is 3. The maximum Gasteiger partial charge on any atom is 0.0873 e. The van der Waals surface area contributed by atoms with Gasteiger partial charge >= 0.3 is 0 Å². The van der Waals surface area contributed by atoms with Crippen molar-refractivity contribution in [3.05, 3.63) is 36.5 Å². The van der Waals surface area contributed by atoms with Gasteiger partial charge in [-0.15, -0.1) is 24.0 Å². The van der Waals surface area contributed by atoms with Crippen molar-refractivity contribution in [1.82, 2.24) is 0 Å². The van der Waals surface area contributed by atoms with Crippen molar-refractivity contribution >= 4 is 61.2 Å². The van der Waals surface area contributed by atoms with E-state index >= 15 is 0 Å². The summed E-state index contributed by atoms with van der Waals surface area (Å²) in [7, 11) is 0. The van der Waals surface area contributed by atoms with E-state index in [2.05, 4.69) is 73.7 Å². The minimum Gasteiger partial charge on any atom is -0.370 e. The van der Waals surface area contributed by atoms with E-state index < -0.39 is 0 Å². The molecule has 10 unspecified atom stereocenters. The number of rotatable bonds is 4. The normalized spacial score (nSPS) is 45.4. The number of hydrogen-bond acceptors (Lipinski definition) is 3. The molecule has 0 bridgehead atoms. The van der Waals surface area contributed by atoms with Crippen molar-refractivity contribution in [3.8, 4) is 0 Å². The molecule has 34 heavy (non-hydrogen) atoms. The first-order valence-corrected chi connectivity index (χ1v) is 19.7. The van der Waals surface area contributed by atoms with Crippen LogP contribution in [-0.4, -0.2) is 36.6 Å². The highest BCUT2D eigenvalue weighted by atomic mass is 128. The highest BCUT2D eigenvalue weighted by Gasteiger charge is 2.57. The molecule has 3 aliphatic heterocycles. The van der Waals surface area contributed by atoms with Gasteiger partial charge < -0.3 is 14.2 Å². The second kappa shape index (κ2) is 13.9. The molecule has 10 atom stereocenters. The van der Waals surface area contributed by atoms with Gasteiger partial charge in [0.05, 0.1) is 36.6 Å². The zero-order chi connectivity index (χ0) is 22.6. The number of epoxide rings is 3. The summed E-state index contributed by atoms with van der Waals surface area (Å²) in [4.78, 5) is 0. The third kappa shape index (κ3) is 7.90. The molecule has 0 radical (unpaired) electrons. The zero-order valence-corrected chi connectivity index (χ0v) is 26.8. The Bertz CT molecular complexity index is 668. The van der Waals surface area contributed by atoms with E-state index in [0.29, 0.717) is 36.6 Å². The Morgan fingerprint density at radius 1 is 0.559 bits per heavy atom. The Labute approximate surface area is 247 Å². The lowest BCUT2D eigenvalue weighted by molar-refractivity contribution is 0.251. The second-order valence-corrected chi connectivity index (χ2v) is 11.1. The predicted molar refractivity (Wildman–Crippen MR) is 166 cm³/mol. The first kappa shape index (κ1) is 28.3. The van der Waals surface area contributed by atoms with Crippen LogP contribution in [0.5, 0.6) is 0 Å². The van der Waals surface area contributed by atoms with Crippen LogP contribution < -0.4 is 0 Å². The molecule has 7 aliphatic rings. The molecule has 0 spiro atoms. The lowest BCUT2D eigenvalue weighted by atomic mass is 9.80. The monoisotopic (exact) mass is 806 g/mol. The summed E-state index contributed by atoms with van der Waals surface area (Å²) in [5.74, 6) is 3.24. The fourth-order valence-corrected chi connectivity index (χ4v) is 6.66. The summed E-state index contributed by atoms with van der Waals surface area (Å²) in [6.45, 7) is 0. The van der Waals surface area contributed by atoms with E-state index in [-0.39, 0.29) is 24.0 Å². The zero-order valence-electron chi connectivity index (χ0n) is 20.1. The number of allylic oxidation sites excluding steroid dienone is 6. The lowest BCUT2D eigenvalue weighted by Crippen LogP contribution is -2.24. The Morgan fingerprint density at radius 2 is 1.03 bits per heavy atom. The van der Waals surface area contributed by atoms with Crippen molar-refractivity contribution in [2.24, 2.45) is 23.7 Å². The standard InChI is InChI=1S/C14H20O3.C14H20.I2.HI/c1-3-9-11(15-9)5-7(1)13-14(17-13)8-2-4-10-12(6-8)16-10;1-3-7-13(8-4-1)11-12-14-9-5-2-6-10-14;1-2;/h7-14H,1-6H2;1-3,5,11-14H,4,6-10H2;;1H. The lowest BCUT2D eigenvalue weighted by Gasteiger charge is -2.20. The van der Waals surface area contributed by atoms with Gasteiger partial charge in [0.15, 0.2) is 0 Å². The van der Waals surface area contributed by atoms with Crippen LogP contribution in [0.15, 0.2) is 36.5 Å². The second-order valence-electron chi connectivity index (χ2n) is 11.1. The van der Waals surface area contributed by atoms with Gasteiger partial charge in [-0.25, -0.2) is 0 Å². The Morgan fingerprint density at radius 3 is 1.41 bits per heavy atom. The molecule has 5 fully saturated rings. The maximum atomic E-state index is 6.02. The smallest absolute Gasteiger partial charge is 0.0873 e. The van der Waals surface area contributed by atoms with Crippen LogP contribution in [0.1, 0.15) is 77.0 Å². The SMILES string of the molecule is C1=CCC(C=CC2CC=CCC2)CC1.C1CC2OC2CC1C1OC1C1CCC2OC2C1.I.II. The highest BCUT2D eigenvalue weighted by Crippen LogP contribution is 2.51. The molecular formula is C28H41I3O3. The van der Waals surface area contributed by atoms with Gasteiger partial charge in [-0.2, -0.15) is 0 Å². The van der Waals surface area contributed by atoms with Crippen LogP contribution in [-0.2, 0) is 14.2 Å². The molecule has 4 aliphatic carbocycles. The van der Waals surface area contributed by atoms with Crippen molar-refractivity contribution in [3.63, 3.8) is 0 Å². The van der Waals surface area contributed by atoms with Gasteiger partial charge in [0, 0.05) is 37.2 Å². The summed E-state index contributed by atoms with van der Waals surface area (Å²) in [6.07, 6.45) is 33.3. The first-order valence-electron chi connectivity index (χ1n) is 13.4. The Balaban J connectivity index is 0.000000149. The first-order chi connectivity index (χ1) is 16.3. The minimum atomic E-state index is 0. The van der Waals surface area contributed by atoms with Crippen molar-refractivity contribution < 1.29 is 14.2 Å². The summed E-state index contributed by atoms with van der Waals surface area (Å²) in [5, 5.41) is 0. The van der Waals surface area contributed by atoms with E-state index in [4.69, 9.17) is 14.2 Å². The van der Waals surface area contributed by atoms with Crippen molar-refractivity contribution in [2.45, 2.75) is 114 Å². The van der Waals surface area contributed by atoms with E-state index in [9.17, 15) is 0 Å². The topological polar surface area (TPSA) is 37.6 Å². The summed E-state index contributed by atoms with van der Waals surface area (Å²) in [6, 6.07) is 0. The van der Waals surface area contributed by atoms with Gasteiger partial charge in [0.25, 0.3) is 0 Å². The third-order valence-corrected chi connectivity index (χ3v) is 8.85. The predicted octanol–water partition coefficient (Wildman–Crippen LogP) is 8.53. The third-order valence-electron chi connectivity index (χ3n) is 8.85.